The van der Waals surface area contributed by atoms with E-state index in [0.717, 1.165) is 19.5 Å². The Hall–Kier alpha value is -2.04. The molecule has 118 valence electrons. The maximum atomic E-state index is 12.7. The molecule has 2 unspecified atom stereocenters. The van der Waals surface area contributed by atoms with Crippen molar-refractivity contribution in [1.29, 1.82) is 0 Å². The number of likely N-dealkylation sites (N-methyl/N-ethyl adjacent to an activating group) is 1. The van der Waals surface area contributed by atoms with Gasteiger partial charge in [0.1, 0.15) is 5.75 Å². The lowest BCUT2D eigenvalue weighted by Crippen LogP contribution is -2.42. The predicted molar refractivity (Wildman–Crippen MR) is 84.2 cm³/mol. The summed E-state index contributed by atoms with van der Waals surface area (Å²) in [5.74, 6) is 1.14. The largest absolute Gasteiger partial charge is 0.479 e. The highest BCUT2D eigenvalue weighted by Gasteiger charge is 2.30. The topological polar surface area (TPSA) is 49.9 Å². The van der Waals surface area contributed by atoms with Gasteiger partial charge in [0.15, 0.2) is 6.10 Å². The first kappa shape index (κ1) is 14.9. The molecular formula is C17H22N2O3. The smallest absolute Gasteiger partial charge is 0.267 e. The number of rotatable bonds is 1. The molecule has 2 aliphatic heterocycles. The van der Waals surface area contributed by atoms with E-state index in [0.29, 0.717) is 22.9 Å². The van der Waals surface area contributed by atoms with Gasteiger partial charge in [-0.3, -0.25) is 9.59 Å². The molecule has 0 spiro atoms. The Morgan fingerprint density at radius 2 is 2.09 bits per heavy atom. The van der Waals surface area contributed by atoms with Gasteiger partial charge in [-0.05, 0) is 43.9 Å². The minimum atomic E-state index is -0.484. The van der Waals surface area contributed by atoms with Gasteiger partial charge in [0.05, 0.1) is 5.69 Å². The van der Waals surface area contributed by atoms with Gasteiger partial charge in [-0.1, -0.05) is 6.92 Å². The van der Waals surface area contributed by atoms with Gasteiger partial charge in [-0.15, -0.1) is 0 Å². The maximum Gasteiger partial charge on any atom is 0.267 e. The molecule has 0 saturated carbocycles. The monoisotopic (exact) mass is 302 g/mol. The van der Waals surface area contributed by atoms with Crippen LogP contribution < -0.4 is 9.64 Å². The number of carbonyl (C=O) groups is 2. The molecule has 1 saturated heterocycles. The zero-order valence-corrected chi connectivity index (χ0v) is 13.3. The summed E-state index contributed by atoms with van der Waals surface area (Å²) in [4.78, 5) is 28.2. The molecule has 1 aromatic carbocycles. The number of hydrogen-bond donors (Lipinski definition) is 0. The molecule has 1 fully saturated rings. The first-order valence-corrected chi connectivity index (χ1v) is 7.85. The molecule has 0 aliphatic carbocycles. The average Bonchev–Trinajstić information content (AvgIpc) is 2.52. The molecule has 2 aliphatic rings. The zero-order chi connectivity index (χ0) is 15.9. The van der Waals surface area contributed by atoms with Crippen LogP contribution in [0.4, 0.5) is 5.69 Å². The number of anilines is 1. The van der Waals surface area contributed by atoms with Crippen LogP contribution in [0.25, 0.3) is 0 Å². The number of fused-ring (bicyclic) bond motifs is 1. The van der Waals surface area contributed by atoms with E-state index in [4.69, 9.17) is 4.74 Å². The Labute approximate surface area is 130 Å². The molecule has 0 radical (unpaired) electrons. The first-order valence-electron chi connectivity index (χ1n) is 7.85. The fraction of sp³-hybridized carbons (Fsp3) is 0.529. The van der Waals surface area contributed by atoms with Crippen molar-refractivity contribution in [2.45, 2.75) is 32.8 Å². The van der Waals surface area contributed by atoms with Crippen LogP contribution >= 0.6 is 0 Å². The van der Waals surface area contributed by atoms with Gasteiger partial charge >= 0.3 is 0 Å². The molecule has 5 heteroatoms. The Bertz CT molecular complexity index is 614. The third kappa shape index (κ3) is 2.56. The SMILES string of the molecule is CC1CCCN(C(=O)c2ccc3c(c2)N(C)C(=O)C(C)O3)C1. The summed E-state index contributed by atoms with van der Waals surface area (Å²) in [6.45, 7) is 5.52. The minimum absolute atomic E-state index is 0.0359. The number of ether oxygens (including phenoxy) is 1. The van der Waals surface area contributed by atoms with Gasteiger partial charge in [0, 0.05) is 25.7 Å². The molecule has 5 nitrogen and oxygen atoms in total. The zero-order valence-electron chi connectivity index (χ0n) is 13.3. The molecule has 2 heterocycles. The lowest BCUT2D eigenvalue weighted by Gasteiger charge is -2.33. The number of likely N-dealkylation sites (tertiary alicyclic amines) is 1. The van der Waals surface area contributed by atoms with E-state index in [-0.39, 0.29) is 11.8 Å². The van der Waals surface area contributed by atoms with Crippen LogP contribution in [0.5, 0.6) is 5.75 Å². The predicted octanol–water partition coefficient (Wildman–Crippen LogP) is 2.30. The van der Waals surface area contributed by atoms with Gasteiger partial charge in [0.25, 0.3) is 11.8 Å². The number of piperidine rings is 1. The molecule has 2 atom stereocenters. The molecular weight excluding hydrogens is 280 g/mol. The van der Waals surface area contributed by atoms with E-state index in [1.165, 1.54) is 6.42 Å². The fourth-order valence-electron chi connectivity index (χ4n) is 3.20. The summed E-state index contributed by atoms with van der Waals surface area (Å²) in [6, 6.07) is 5.34. The summed E-state index contributed by atoms with van der Waals surface area (Å²) in [7, 11) is 1.72. The Morgan fingerprint density at radius 1 is 1.32 bits per heavy atom. The Balaban J connectivity index is 1.87. The molecule has 0 N–H and O–H groups in total. The minimum Gasteiger partial charge on any atom is -0.479 e. The van der Waals surface area contributed by atoms with E-state index in [1.807, 2.05) is 4.90 Å². The highest BCUT2D eigenvalue weighted by Crippen LogP contribution is 2.34. The van der Waals surface area contributed by atoms with Gasteiger partial charge in [-0.2, -0.15) is 0 Å². The molecule has 1 aromatic rings. The summed E-state index contributed by atoms with van der Waals surface area (Å²) in [6.07, 6.45) is 1.75. The number of nitrogens with zero attached hydrogens (tertiary/aromatic N) is 2. The fourth-order valence-corrected chi connectivity index (χ4v) is 3.20. The third-order valence-corrected chi connectivity index (χ3v) is 4.49. The molecule has 3 rings (SSSR count). The van der Waals surface area contributed by atoms with E-state index in [9.17, 15) is 9.59 Å². The van der Waals surface area contributed by atoms with Crippen LogP contribution in [0.3, 0.4) is 0 Å². The Morgan fingerprint density at radius 3 is 2.82 bits per heavy atom. The van der Waals surface area contributed by atoms with Crippen molar-refractivity contribution >= 4 is 17.5 Å². The van der Waals surface area contributed by atoms with Crippen molar-refractivity contribution in [1.82, 2.24) is 4.90 Å². The second-order valence-corrected chi connectivity index (χ2v) is 6.34. The van der Waals surface area contributed by atoms with Crippen molar-refractivity contribution in [2.75, 3.05) is 25.0 Å². The second kappa shape index (κ2) is 5.63. The van der Waals surface area contributed by atoms with Crippen LogP contribution in [0, 0.1) is 5.92 Å². The summed E-state index contributed by atoms with van der Waals surface area (Å²) < 4.78 is 5.60. The lowest BCUT2D eigenvalue weighted by atomic mass is 9.99. The normalized spacial score (nSPS) is 24.8. The molecule has 0 bridgehead atoms. The van der Waals surface area contributed by atoms with E-state index in [2.05, 4.69) is 6.92 Å². The number of hydrogen-bond acceptors (Lipinski definition) is 3. The highest BCUT2D eigenvalue weighted by molar-refractivity contribution is 6.02. The van der Waals surface area contributed by atoms with Crippen LogP contribution in [0.1, 0.15) is 37.0 Å². The van der Waals surface area contributed by atoms with Crippen molar-refractivity contribution in [3.05, 3.63) is 23.8 Å². The van der Waals surface area contributed by atoms with E-state index < -0.39 is 6.10 Å². The van der Waals surface area contributed by atoms with E-state index in [1.54, 1.807) is 37.1 Å². The average molecular weight is 302 g/mol. The molecule has 22 heavy (non-hydrogen) atoms. The van der Waals surface area contributed by atoms with Crippen LogP contribution in [-0.4, -0.2) is 43.0 Å². The van der Waals surface area contributed by atoms with Gasteiger partial charge < -0.3 is 14.5 Å². The number of amides is 2. The standard InChI is InChI=1S/C17H22N2O3/c1-11-5-4-8-19(10-11)17(21)13-6-7-15-14(9-13)18(3)16(20)12(2)22-15/h6-7,9,11-12H,4-5,8,10H2,1-3H3. The van der Waals surface area contributed by atoms with Crippen LogP contribution in [0.15, 0.2) is 18.2 Å². The van der Waals surface area contributed by atoms with Crippen molar-refractivity contribution in [2.24, 2.45) is 5.92 Å². The Kier molecular flexibility index (Phi) is 3.81. The van der Waals surface area contributed by atoms with Gasteiger partial charge in [-0.25, -0.2) is 0 Å². The van der Waals surface area contributed by atoms with Crippen molar-refractivity contribution in [3.63, 3.8) is 0 Å². The summed E-state index contributed by atoms with van der Waals surface area (Å²) >= 11 is 0. The highest BCUT2D eigenvalue weighted by atomic mass is 16.5. The molecule has 0 aromatic heterocycles. The quantitative estimate of drug-likeness (QED) is 0.800. The first-order chi connectivity index (χ1) is 10.5. The number of carbonyl (C=O) groups excluding carboxylic acids is 2. The maximum absolute atomic E-state index is 12.7. The number of benzene rings is 1. The van der Waals surface area contributed by atoms with E-state index >= 15 is 0 Å². The van der Waals surface area contributed by atoms with Crippen LogP contribution in [-0.2, 0) is 4.79 Å². The van der Waals surface area contributed by atoms with Crippen molar-refractivity contribution in [3.8, 4) is 5.75 Å². The summed E-state index contributed by atoms with van der Waals surface area (Å²) in [5, 5.41) is 0. The second-order valence-electron chi connectivity index (χ2n) is 6.34. The molecule has 2 amide bonds. The summed E-state index contributed by atoms with van der Waals surface area (Å²) in [5.41, 5.74) is 1.28. The van der Waals surface area contributed by atoms with Crippen LogP contribution in [0.2, 0.25) is 0 Å². The lowest BCUT2D eigenvalue weighted by molar-refractivity contribution is -0.125. The van der Waals surface area contributed by atoms with Crippen molar-refractivity contribution < 1.29 is 14.3 Å². The third-order valence-electron chi connectivity index (χ3n) is 4.49. The van der Waals surface area contributed by atoms with Gasteiger partial charge in [0.2, 0.25) is 0 Å².